The predicted molar refractivity (Wildman–Crippen MR) is 52.7 cm³/mol. The molecule has 1 heterocycles. The minimum absolute atomic E-state index is 0.238. The van der Waals surface area contributed by atoms with E-state index in [-0.39, 0.29) is 16.8 Å². The molecule has 1 atom stereocenters. The van der Waals surface area contributed by atoms with E-state index in [0.29, 0.717) is 6.54 Å². The van der Waals surface area contributed by atoms with Gasteiger partial charge < -0.3 is 4.90 Å². The van der Waals surface area contributed by atoms with Gasteiger partial charge in [0.2, 0.25) is 5.91 Å². The van der Waals surface area contributed by atoms with Crippen LogP contribution in [0.15, 0.2) is 0 Å². The molecule has 0 aliphatic carbocycles. The van der Waals surface area contributed by atoms with Crippen molar-refractivity contribution in [2.24, 2.45) is 0 Å². The zero-order valence-corrected chi connectivity index (χ0v) is 9.13. The highest BCUT2D eigenvalue weighted by Crippen LogP contribution is 2.09. The number of alkyl halides is 1. The highest BCUT2D eigenvalue weighted by molar-refractivity contribution is 9.10. The number of hydrogen-bond donors (Lipinski definition) is 1. The molecule has 1 saturated heterocycles. The molecule has 1 fully saturated rings. The van der Waals surface area contributed by atoms with Crippen molar-refractivity contribution < 1.29 is 9.59 Å². The molecule has 0 spiro atoms. The molecule has 3 amide bonds. The topological polar surface area (TPSA) is 49.4 Å². The summed E-state index contributed by atoms with van der Waals surface area (Å²) in [5.74, 6) is -0.238. The van der Waals surface area contributed by atoms with Crippen LogP contribution in [0.1, 0.15) is 19.8 Å². The van der Waals surface area contributed by atoms with Gasteiger partial charge in [0.15, 0.2) is 0 Å². The Morgan fingerprint density at radius 1 is 1.62 bits per heavy atom. The SMILES string of the molecule is CCCCN1C[C@@H](Br)C(=O)NC1=O. The number of unbranched alkanes of at least 4 members (excludes halogenated alkanes) is 1. The summed E-state index contributed by atoms with van der Waals surface area (Å²) in [6.07, 6.45) is 2.02. The fraction of sp³-hybridized carbons (Fsp3) is 0.750. The molecule has 1 rings (SSSR count). The van der Waals surface area contributed by atoms with Crippen LogP contribution in [0.25, 0.3) is 0 Å². The maximum absolute atomic E-state index is 11.2. The Balaban J connectivity index is 2.46. The number of urea groups is 1. The van der Waals surface area contributed by atoms with E-state index in [4.69, 9.17) is 0 Å². The normalized spacial score (nSPS) is 23.2. The fourth-order valence-corrected chi connectivity index (χ4v) is 1.63. The van der Waals surface area contributed by atoms with Crippen LogP contribution in [0.2, 0.25) is 0 Å². The van der Waals surface area contributed by atoms with E-state index >= 15 is 0 Å². The van der Waals surface area contributed by atoms with Crippen molar-refractivity contribution >= 4 is 27.9 Å². The molecule has 0 unspecified atom stereocenters. The van der Waals surface area contributed by atoms with Gasteiger partial charge >= 0.3 is 6.03 Å². The Morgan fingerprint density at radius 3 is 2.92 bits per heavy atom. The molecule has 5 heteroatoms. The zero-order valence-electron chi connectivity index (χ0n) is 7.55. The molecule has 0 bridgehead atoms. The number of carbonyl (C=O) groups excluding carboxylic acids is 2. The smallest absolute Gasteiger partial charge is 0.323 e. The number of rotatable bonds is 3. The van der Waals surface area contributed by atoms with Crippen LogP contribution in [-0.4, -0.2) is 34.8 Å². The molecule has 74 valence electrons. The second-order valence-electron chi connectivity index (χ2n) is 3.06. The lowest BCUT2D eigenvalue weighted by Crippen LogP contribution is -2.55. The molecule has 1 aliphatic rings. The van der Waals surface area contributed by atoms with Crippen LogP contribution in [0.5, 0.6) is 0 Å². The molecular weight excluding hydrogens is 236 g/mol. The number of imide groups is 1. The van der Waals surface area contributed by atoms with E-state index in [9.17, 15) is 9.59 Å². The van der Waals surface area contributed by atoms with E-state index in [1.165, 1.54) is 0 Å². The summed E-state index contributed by atoms with van der Waals surface area (Å²) in [6, 6.07) is -0.269. The van der Waals surface area contributed by atoms with Crippen molar-refractivity contribution in [1.29, 1.82) is 0 Å². The summed E-state index contributed by atoms with van der Waals surface area (Å²) in [5.41, 5.74) is 0. The second kappa shape index (κ2) is 4.60. The summed E-state index contributed by atoms with van der Waals surface area (Å²) in [5, 5.41) is 2.29. The van der Waals surface area contributed by atoms with Crippen LogP contribution in [0.4, 0.5) is 4.79 Å². The van der Waals surface area contributed by atoms with Crippen molar-refractivity contribution in [1.82, 2.24) is 10.2 Å². The van der Waals surface area contributed by atoms with E-state index in [1.54, 1.807) is 4.90 Å². The third kappa shape index (κ3) is 2.69. The van der Waals surface area contributed by atoms with Crippen LogP contribution in [0.3, 0.4) is 0 Å². The summed E-state index contributed by atoms with van der Waals surface area (Å²) in [6.45, 7) is 3.26. The molecule has 1 aliphatic heterocycles. The van der Waals surface area contributed by atoms with Gasteiger partial charge in [0.1, 0.15) is 4.83 Å². The highest BCUT2D eigenvalue weighted by atomic mass is 79.9. The Bertz CT molecular complexity index is 220. The molecular formula is C8H13BrN2O2. The minimum atomic E-state index is -0.269. The van der Waals surface area contributed by atoms with Crippen molar-refractivity contribution in [3.05, 3.63) is 0 Å². The second-order valence-corrected chi connectivity index (χ2v) is 4.17. The number of hydrogen-bond acceptors (Lipinski definition) is 2. The van der Waals surface area contributed by atoms with Gasteiger partial charge in [-0.25, -0.2) is 4.79 Å². The Labute approximate surface area is 85.8 Å². The minimum Gasteiger partial charge on any atom is -0.323 e. The Morgan fingerprint density at radius 2 is 2.31 bits per heavy atom. The lowest BCUT2D eigenvalue weighted by molar-refractivity contribution is -0.120. The molecule has 0 radical (unpaired) electrons. The van der Waals surface area contributed by atoms with Crippen molar-refractivity contribution in [2.45, 2.75) is 24.6 Å². The standard InChI is InChI=1S/C8H13BrN2O2/c1-2-3-4-11-5-6(9)7(12)10-8(11)13/h6H,2-5H2,1H3,(H,10,12,13)/t6-/m1/s1. The number of halogens is 1. The third-order valence-corrected chi connectivity index (χ3v) is 2.67. The van der Waals surface area contributed by atoms with Crippen LogP contribution in [-0.2, 0) is 4.79 Å². The van der Waals surface area contributed by atoms with E-state index < -0.39 is 0 Å². The Kier molecular flexibility index (Phi) is 3.71. The van der Waals surface area contributed by atoms with E-state index in [2.05, 4.69) is 28.2 Å². The van der Waals surface area contributed by atoms with Gasteiger partial charge in [-0.2, -0.15) is 0 Å². The average Bonchev–Trinajstić information content (AvgIpc) is 2.09. The van der Waals surface area contributed by atoms with Gasteiger partial charge in [0.05, 0.1) is 0 Å². The van der Waals surface area contributed by atoms with Gasteiger partial charge in [-0.3, -0.25) is 10.1 Å². The van der Waals surface area contributed by atoms with Crippen molar-refractivity contribution in [3.8, 4) is 0 Å². The predicted octanol–water partition coefficient (Wildman–Crippen LogP) is 1.10. The highest BCUT2D eigenvalue weighted by Gasteiger charge is 2.29. The fourth-order valence-electron chi connectivity index (χ4n) is 1.16. The monoisotopic (exact) mass is 248 g/mol. The lowest BCUT2D eigenvalue weighted by atomic mass is 10.2. The first-order valence-electron chi connectivity index (χ1n) is 4.39. The molecule has 0 aromatic rings. The molecule has 13 heavy (non-hydrogen) atoms. The van der Waals surface area contributed by atoms with Crippen LogP contribution in [0, 0.1) is 0 Å². The lowest BCUT2D eigenvalue weighted by Gasteiger charge is -2.29. The summed E-state index contributed by atoms with van der Waals surface area (Å²) in [7, 11) is 0. The Hall–Kier alpha value is -0.580. The molecule has 1 N–H and O–H groups in total. The van der Waals surface area contributed by atoms with Crippen molar-refractivity contribution in [2.75, 3.05) is 13.1 Å². The van der Waals surface area contributed by atoms with Crippen LogP contribution < -0.4 is 5.32 Å². The third-order valence-electron chi connectivity index (χ3n) is 1.96. The number of nitrogens with zero attached hydrogens (tertiary/aromatic N) is 1. The molecule has 0 aromatic heterocycles. The van der Waals surface area contributed by atoms with E-state index in [1.807, 2.05) is 0 Å². The number of carbonyl (C=O) groups is 2. The average molecular weight is 249 g/mol. The largest absolute Gasteiger partial charge is 0.324 e. The number of amides is 3. The van der Waals surface area contributed by atoms with Gasteiger partial charge in [-0.15, -0.1) is 0 Å². The maximum Gasteiger partial charge on any atom is 0.324 e. The summed E-state index contributed by atoms with van der Waals surface area (Å²) < 4.78 is 0. The van der Waals surface area contributed by atoms with Gasteiger partial charge in [0, 0.05) is 13.1 Å². The summed E-state index contributed by atoms with van der Waals surface area (Å²) >= 11 is 3.21. The number of nitrogens with one attached hydrogen (secondary N) is 1. The van der Waals surface area contributed by atoms with Gasteiger partial charge in [-0.1, -0.05) is 29.3 Å². The summed E-state index contributed by atoms with van der Waals surface area (Å²) in [4.78, 5) is 23.6. The molecule has 4 nitrogen and oxygen atoms in total. The van der Waals surface area contributed by atoms with Gasteiger partial charge in [-0.05, 0) is 6.42 Å². The first-order valence-corrected chi connectivity index (χ1v) is 5.30. The molecule has 0 aromatic carbocycles. The quantitative estimate of drug-likeness (QED) is 0.761. The first-order chi connectivity index (χ1) is 6.15. The van der Waals surface area contributed by atoms with Crippen LogP contribution >= 0.6 is 15.9 Å². The van der Waals surface area contributed by atoms with Gasteiger partial charge in [0.25, 0.3) is 0 Å². The zero-order chi connectivity index (χ0) is 9.84. The first kappa shape index (κ1) is 10.5. The van der Waals surface area contributed by atoms with Crippen molar-refractivity contribution in [3.63, 3.8) is 0 Å². The maximum atomic E-state index is 11.2. The molecule has 0 saturated carbocycles. The van der Waals surface area contributed by atoms with E-state index in [0.717, 1.165) is 19.4 Å².